The predicted octanol–water partition coefficient (Wildman–Crippen LogP) is 3.00. The summed E-state index contributed by atoms with van der Waals surface area (Å²) >= 11 is 0. The number of nitrogens with one attached hydrogen (secondary N) is 1. The maximum Gasteiger partial charge on any atom is 0.221 e. The first kappa shape index (κ1) is 19.8. The minimum atomic E-state index is -3.40. The summed E-state index contributed by atoms with van der Waals surface area (Å²) in [7, 11) is -1.56. The highest BCUT2D eigenvalue weighted by molar-refractivity contribution is 7.92. The molecule has 148 valence electrons. The zero-order valence-corrected chi connectivity index (χ0v) is 17.4. The van der Waals surface area contributed by atoms with E-state index in [1.165, 1.54) is 0 Å². The molecule has 2 heterocycles. The van der Waals surface area contributed by atoms with Gasteiger partial charge in [0, 0.05) is 24.4 Å². The van der Waals surface area contributed by atoms with Crippen molar-refractivity contribution in [3.05, 3.63) is 41.7 Å². The van der Waals surface area contributed by atoms with E-state index in [2.05, 4.69) is 20.4 Å². The van der Waals surface area contributed by atoms with Gasteiger partial charge in [-0.3, -0.25) is 4.68 Å². The second kappa shape index (κ2) is 7.23. The molecule has 0 saturated carbocycles. The summed E-state index contributed by atoms with van der Waals surface area (Å²) in [4.78, 5) is 8.68. The van der Waals surface area contributed by atoms with E-state index in [1.54, 1.807) is 42.9 Å². The number of rotatable bonds is 5. The van der Waals surface area contributed by atoms with E-state index in [0.717, 1.165) is 17.1 Å². The molecular formula is C19H24N6O2S. The standard InChI is InChI=1S/C19H24N6O2S/c1-11(2)28(26,27)15-8-6-7-14(9-15)16-10-21-19(20)23-17(16)22-18-12(3)13(4)24-25(18)5/h6-11H,1-5H3,(H3,20,21,22,23). The van der Waals surface area contributed by atoms with Gasteiger partial charge in [0.2, 0.25) is 5.95 Å². The molecule has 0 amide bonds. The van der Waals surface area contributed by atoms with Crippen molar-refractivity contribution in [2.45, 2.75) is 37.8 Å². The molecule has 3 rings (SSSR count). The highest BCUT2D eigenvalue weighted by Crippen LogP contribution is 2.32. The lowest BCUT2D eigenvalue weighted by Gasteiger charge is -2.14. The summed E-state index contributed by atoms with van der Waals surface area (Å²) in [5.41, 5.74) is 9.02. The first-order valence-corrected chi connectivity index (χ1v) is 10.4. The van der Waals surface area contributed by atoms with Gasteiger partial charge in [0.05, 0.1) is 15.8 Å². The molecule has 0 unspecified atom stereocenters. The number of anilines is 3. The molecule has 0 radical (unpaired) electrons. The van der Waals surface area contributed by atoms with Crippen molar-refractivity contribution in [3.8, 4) is 11.1 Å². The number of sulfone groups is 1. The fourth-order valence-electron chi connectivity index (χ4n) is 2.87. The molecule has 9 heteroatoms. The first-order chi connectivity index (χ1) is 13.1. The molecule has 28 heavy (non-hydrogen) atoms. The molecule has 0 aliphatic rings. The SMILES string of the molecule is Cc1nn(C)c(Nc2nc(N)ncc2-c2cccc(S(=O)(=O)C(C)C)c2)c1C. The van der Waals surface area contributed by atoms with Crippen LogP contribution in [-0.4, -0.2) is 33.4 Å². The maximum absolute atomic E-state index is 12.6. The van der Waals surface area contributed by atoms with Gasteiger partial charge in [-0.2, -0.15) is 10.1 Å². The lowest BCUT2D eigenvalue weighted by molar-refractivity contribution is 0.587. The molecule has 0 bridgehead atoms. The number of aromatic nitrogens is 4. The number of hydrogen-bond acceptors (Lipinski definition) is 7. The number of hydrogen-bond donors (Lipinski definition) is 2. The van der Waals surface area contributed by atoms with Gasteiger partial charge >= 0.3 is 0 Å². The Morgan fingerprint density at radius 2 is 1.93 bits per heavy atom. The largest absolute Gasteiger partial charge is 0.368 e. The Morgan fingerprint density at radius 3 is 2.54 bits per heavy atom. The highest BCUT2D eigenvalue weighted by Gasteiger charge is 2.21. The van der Waals surface area contributed by atoms with Crippen LogP contribution in [0.3, 0.4) is 0 Å². The van der Waals surface area contributed by atoms with Crippen molar-refractivity contribution in [1.29, 1.82) is 0 Å². The summed E-state index contributed by atoms with van der Waals surface area (Å²) in [6.45, 7) is 7.21. The van der Waals surface area contributed by atoms with Gasteiger partial charge in [0.1, 0.15) is 11.6 Å². The molecule has 8 nitrogen and oxygen atoms in total. The van der Waals surface area contributed by atoms with Crippen LogP contribution in [0.1, 0.15) is 25.1 Å². The molecule has 0 fully saturated rings. The van der Waals surface area contributed by atoms with E-state index in [0.29, 0.717) is 16.9 Å². The molecular weight excluding hydrogens is 376 g/mol. The molecule has 3 N–H and O–H groups in total. The molecule has 0 saturated heterocycles. The highest BCUT2D eigenvalue weighted by atomic mass is 32.2. The number of benzene rings is 1. The number of nitrogen functional groups attached to an aromatic ring is 1. The molecule has 0 aliphatic carbocycles. The van der Waals surface area contributed by atoms with Gasteiger partial charge in [0.15, 0.2) is 9.84 Å². The van der Waals surface area contributed by atoms with Crippen LogP contribution in [0.25, 0.3) is 11.1 Å². The Kier molecular flexibility index (Phi) is 5.12. The molecule has 1 aromatic carbocycles. The molecule has 0 aliphatic heterocycles. The smallest absolute Gasteiger partial charge is 0.221 e. The van der Waals surface area contributed by atoms with Crippen LogP contribution in [0.5, 0.6) is 0 Å². The Morgan fingerprint density at radius 1 is 1.21 bits per heavy atom. The zero-order chi connectivity index (χ0) is 20.6. The average Bonchev–Trinajstić information content (AvgIpc) is 2.88. The van der Waals surface area contributed by atoms with Crippen LogP contribution in [0, 0.1) is 13.8 Å². The zero-order valence-electron chi connectivity index (χ0n) is 16.6. The second-order valence-corrected chi connectivity index (χ2v) is 9.42. The van der Waals surface area contributed by atoms with E-state index in [9.17, 15) is 8.42 Å². The Balaban J connectivity index is 2.12. The second-order valence-electron chi connectivity index (χ2n) is 6.92. The van der Waals surface area contributed by atoms with Crippen molar-refractivity contribution >= 4 is 27.4 Å². The fourth-order valence-corrected chi connectivity index (χ4v) is 3.97. The normalized spacial score (nSPS) is 11.8. The van der Waals surface area contributed by atoms with Gasteiger partial charge in [-0.05, 0) is 45.4 Å². The Labute approximate surface area is 164 Å². The van der Waals surface area contributed by atoms with Gasteiger partial charge < -0.3 is 11.1 Å². The van der Waals surface area contributed by atoms with Crippen molar-refractivity contribution in [2.24, 2.45) is 7.05 Å². The van der Waals surface area contributed by atoms with Crippen molar-refractivity contribution < 1.29 is 8.42 Å². The minimum absolute atomic E-state index is 0.119. The van der Waals surface area contributed by atoms with Gasteiger partial charge in [-0.1, -0.05) is 12.1 Å². The third kappa shape index (κ3) is 3.57. The quantitative estimate of drug-likeness (QED) is 0.676. The van der Waals surface area contributed by atoms with Crippen molar-refractivity contribution in [3.63, 3.8) is 0 Å². The monoisotopic (exact) mass is 400 g/mol. The Hall–Kier alpha value is -2.94. The topological polar surface area (TPSA) is 116 Å². The van der Waals surface area contributed by atoms with Crippen molar-refractivity contribution in [2.75, 3.05) is 11.1 Å². The minimum Gasteiger partial charge on any atom is -0.368 e. The van der Waals surface area contributed by atoms with E-state index >= 15 is 0 Å². The van der Waals surface area contributed by atoms with Crippen LogP contribution in [-0.2, 0) is 16.9 Å². The van der Waals surface area contributed by atoms with Gasteiger partial charge in [0.25, 0.3) is 0 Å². The third-order valence-electron chi connectivity index (χ3n) is 4.66. The third-order valence-corrected chi connectivity index (χ3v) is 6.81. The summed E-state index contributed by atoms with van der Waals surface area (Å²) in [6.07, 6.45) is 1.59. The first-order valence-electron chi connectivity index (χ1n) is 8.85. The predicted molar refractivity (Wildman–Crippen MR) is 110 cm³/mol. The van der Waals surface area contributed by atoms with E-state index in [4.69, 9.17) is 5.73 Å². The lowest BCUT2D eigenvalue weighted by Crippen LogP contribution is -2.14. The maximum atomic E-state index is 12.6. The molecule has 3 aromatic rings. The summed E-state index contributed by atoms with van der Waals surface area (Å²) < 4.78 is 26.8. The number of nitrogens with zero attached hydrogens (tertiary/aromatic N) is 4. The van der Waals surface area contributed by atoms with E-state index < -0.39 is 15.1 Å². The average molecular weight is 401 g/mol. The number of nitrogens with two attached hydrogens (primary N) is 1. The molecule has 2 aromatic heterocycles. The van der Waals surface area contributed by atoms with Crippen LogP contribution >= 0.6 is 0 Å². The summed E-state index contributed by atoms with van der Waals surface area (Å²) in [6, 6.07) is 6.76. The molecule has 0 atom stereocenters. The van der Waals surface area contributed by atoms with Crippen LogP contribution < -0.4 is 11.1 Å². The Bertz CT molecular complexity index is 1140. The van der Waals surface area contributed by atoms with Crippen LogP contribution in [0.4, 0.5) is 17.6 Å². The van der Waals surface area contributed by atoms with Gasteiger partial charge in [-0.25, -0.2) is 13.4 Å². The van der Waals surface area contributed by atoms with Crippen LogP contribution in [0.2, 0.25) is 0 Å². The van der Waals surface area contributed by atoms with E-state index in [1.807, 2.05) is 27.0 Å². The van der Waals surface area contributed by atoms with E-state index in [-0.39, 0.29) is 10.8 Å². The lowest BCUT2D eigenvalue weighted by atomic mass is 10.1. The molecule has 0 spiro atoms. The summed E-state index contributed by atoms with van der Waals surface area (Å²) in [5, 5.41) is 7.16. The van der Waals surface area contributed by atoms with Gasteiger partial charge in [-0.15, -0.1) is 0 Å². The summed E-state index contributed by atoms with van der Waals surface area (Å²) in [5.74, 6) is 1.38. The fraction of sp³-hybridized carbons (Fsp3) is 0.316. The van der Waals surface area contributed by atoms with Crippen molar-refractivity contribution in [1.82, 2.24) is 19.7 Å². The number of aryl methyl sites for hydroxylation is 2. The van der Waals surface area contributed by atoms with Crippen LogP contribution in [0.15, 0.2) is 35.4 Å².